The fraction of sp³-hybridized carbons (Fsp3) is 0.160. The molecule has 2 amide bonds. The maximum absolute atomic E-state index is 14.3. The number of amides is 2. The molecule has 0 aliphatic carbocycles. The number of pyridine rings is 1. The third kappa shape index (κ3) is 6.01. The van der Waals surface area contributed by atoms with E-state index in [4.69, 9.17) is 4.74 Å². The van der Waals surface area contributed by atoms with E-state index in [1.807, 2.05) is 32.0 Å². The van der Waals surface area contributed by atoms with Crippen LogP contribution in [0.2, 0.25) is 0 Å². The van der Waals surface area contributed by atoms with E-state index in [2.05, 4.69) is 10.3 Å². The number of nitrogens with one attached hydrogen (secondary N) is 1. The van der Waals surface area contributed by atoms with Crippen molar-refractivity contribution < 1.29 is 18.7 Å². The summed E-state index contributed by atoms with van der Waals surface area (Å²) in [5, 5.41) is 2.82. The van der Waals surface area contributed by atoms with Crippen LogP contribution in [0.5, 0.6) is 11.5 Å². The first kappa shape index (κ1) is 22.7. The molecule has 1 aromatic heterocycles. The largest absolute Gasteiger partial charge is 0.453 e. The molecule has 32 heavy (non-hydrogen) atoms. The molecule has 3 rings (SSSR count). The van der Waals surface area contributed by atoms with Gasteiger partial charge in [0.25, 0.3) is 0 Å². The third-order valence-electron chi connectivity index (χ3n) is 4.87. The quantitative estimate of drug-likeness (QED) is 0.547. The predicted octanol–water partition coefficient (Wildman–Crippen LogP) is 4.74. The number of aryl methyl sites for hydroxylation is 1. The number of ether oxygens (including phenoxy) is 1. The molecule has 1 N–H and O–H groups in total. The smallest absolute Gasteiger partial charge is 0.246 e. The molecule has 3 aromatic rings. The molecular weight excluding hydrogens is 409 g/mol. The maximum Gasteiger partial charge on any atom is 0.246 e. The molecule has 0 spiro atoms. The Labute approximate surface area is 186 Å². The summed E-state index contributed by atoms with van der Waals surface area (Å²) in [5.74, 6) is -0.764. The highest BCUT2D eigenvalue weighted by Crippen LogP contribution is 2.25. The van der Waals surface area contributed by atoms with Gasteiger partial charge in [0.1, 0.15) is 5.75 Å². The lowest BCUT2D eigenvalue weighted by Crippen LogP contribution is -2.34. The summed E-state index contributed by atoms with van der Waals surface area (Å²) in [7, 11) is 1.53. The lowest BCUT2D eigenvalue weighted by atomic mass is 10.1. The highest BCUT2D eigenvalue weighted by Gasteiger charge is 2.12. The zero-order chi connectivity index (χ0) is 23.1. The Bertz CT molecular complexity index is 1150. The van der Waals surface area contributed by atoms with Gasteiger partial charge in [0.15, 0.2) is 11.6 Å². The van der Waals surface area contributed by atoms with E-state index in [1.165, 1.54) is 42.4 Å². The fourth-order valence-electron chi connectivity index (χ4n) is 2.90. The van der Waals surface area contributed by atoms with E-state index in [-0.39, 0.29) is 24.1 Å². The van der Waals surface area contributed by atoms with Crippen molar-refractivity contribution in [3.8, 4) is 11.5 Å². The van der Waals surface area contributed by atoms with Crippen LogP contribution in [-0.4, -0.2) is 35.3 Å². The van der Waals surface area contributed by atoms with Crippen LogP contribution in [0.25, 0.3) is 6.08 Å². The number of rotatable bonds is 7. The lowest BCUT2D eigenvalue weighted by molar-refractivity contribution is -0.129. The zero-order valence-corrected chi connectivity index (χ0v) is 18.1. The van der Waals surface area contributed by atoms with Crippen LogP contribution in [0.3, 0.4) is 0 Å². The Morgan fingerprint density at radius 1 is 1.16 bits per heavy atom. The summed E-state index contributed by atoms with van der Waals surface area (Å²) in [6.07, 6.45) is 5.86. The van der Waals surface area contributed by atoms with Crippen molar-refractivity contribution in [2.75, 3.05) is 18.9 Å². The predicted molar refractivity (Wildman–Crippen MR) is 122 cm³/mol. The molecule has 2 aromatic carbocycles. The summed E-state index contributed by atoms with van der Waals surface area (Å²) in [6, 6.07) is 13.4. The molecule has 0 bridgehead atoms. The van der Waals surface area contributed by atoms with Gasteiger partial charge >= 0.3 is 0 Å². The highest BCUT2D eigenvalue weighted by molar-refractivity contribution is 5.98. The monoisotopic (exact) mass is 433 g/mol. The molecule has 6 nitrogen and oxygen atoms in total. The van der Waals surface area contributed by atoms with Crippen molar-refractivity contribution in [1.82, 2.24) is 9.88 Å². The lowest BCUT2D eigenvalue weighted by Gasteiger charge is -2.16. The number of halogens is 1. The average Bonchev–Trinajstić information content (AvgIpc) is 2.77. The number of likely N-dealkylation sites (N-methyl/N-ethyl adjacent to an activating group) is 1. The number of benzene rings is 2. The third-order valence-corrected chi connectivity index (χ3v) is 4.87. The molecule has 0 unspecified atom stereocenters. The molecule has 0 aliphatic rings. The van der Waals surface area contributed by atoms with Crippen LogP contribution in [0.4, 0.5) is 10.1 Å². The fourth-order valence-corrected chi connectivity index (χ4v) is 2.90. The van der Waals surface area contributed by atoms with Crippen molar-refractivity contribution >= 4 is 23.6 Å². The van der Waals surface area contributed by atoms with Gasteiger partial charge in [0.2, 0.25) is 11.8 Å². The number of aromatic nitrogens is 1. The first-order valence-corrected chi connectivity index (χ1v) is 10.00. The van der Waals surface area contributed by atoms with Gasteiger partial charge < -0.3 is 15.0 Å². The number of nitrogens with zero attached hydrogens (tertiary/aromatic N) is 2. The van der Waals surface area contributed by atoms with Gasteiger partial charge in [-0.25, -0.2) is 4.39 Å². The normalized spacial score (nSPS) is 10.8. The van der Waals surface area contributed by atoms with Gasteiger partial charge in [0.05, 0.1) is 12.7 Å². The van der Waals surface area contributed by atoms with Crippen LogP contribution in [0, 0.1) is 19.7 Å². The van der Waals surface area contributed by atoms with Crippen LogP contribution in [0.1, 0.15) is 16.7 Å². The number of hydrogen-bond donors (Lipinski definition) is 1. The molecular formula is C25H24FN3O3. The van der Waals surface area contributed by atoms with Crippen molar-refractivity contribution in [1.29, 1.82) is 0 Å². The first-order valence-electron chi connectivity index (χ1n) is 10.00. The number of carbonyl (C=O) groups is 2. The van der Waals surface area contributed by atoms with Crippen molar-refractivity contribution in [3.05, 3.63) is 89.5 Å². The molecule has 0 radical (unpaired) electrons. The second-order valence-electron chi connectivity index (χ2n) is 7.30. The SMILES string of the molecule is Cc1cccc(NC(=O)CN(C)C(=O)/C=C/c2ccc(Oc3cccnc3)c(F)c2)c1C. The van der Waals surface area contributed by atoms with Crippen LogP contribution < -0.4 is 10.1 Å². The minimum absolute atomic E-state index is 0.0571. The van der Waals surface area contributed by atoms with E-state index in [9.17, 15) is 14.0 Å². The molecule has 7 heteroatoms. The summed E-state index contributed by atoms with van der Waals surface area (Å²) in [5.41, 5.74) is 3.25. The van der Waals surface area contributed by atoms with Crippen LogP contribution in [-0.2, 0) is 9.59 Å². The molecule has 0 atom stereocenters. The Balaban J connectivity index is 1.57. The molecule has 164 valence electrons. The van der Waals surface area contributed by atoms with Gasteiger partial charge in [-0.2, -0.15) is 0 Å². The Hall–Kier alpha value is -4.00. The van der Waals surface area contributed by atoms with Gasteiger partial charge in [-0.1, -0.05) is 18.2 Å². The van der Waals surface area contributed by atoms with E-state index in [1.54, 1.807) is 24.4 Å². The number of anilines is 1. The minimum Gasteiger partial charge on any atom is -0.453 e. The maximum atomic E-state index is 14.3. The van der Waals surface area contributed by atoms with Crippen molar-refractivity contribution in [3.63, 3.8) is 0 Å². The summed E-state index contributed by atoms with van der Waals surface area (Å²) >= 11 is 0. The topological polar surface area (TPSA) is 71.5 Å². The zero-order valence-electron chi connectivity index (χ0n) is 18.1. The highest BCUT2D eigenvalue weighted by atomic mass is 19.1. The van der Waals surface area contributed by atoms with Crippen molar-refractivity contribution in [2.45, 2.75) is 13.8 Å². The Morgan fingerprint density at radius 2 is 1.97 bits per heavy atom. The van der Waals surface area contributed by atoms with Crippen LogP contribution >= 0.6 is 0 Å². The molecule has 0 fully saturated rings. The van der Waals surface area contributed by atoms with Crippen molar-refractivity contribution in [2.24, 2.45) is 0 Å². The van der Waals surface area contributed by atoms with E-state index >= 15 is 0 Å². The molecule has 1 heterocycles. The minimum atomic E-state index is -0.565. The molecule has 0 aliphatic heterocycles. The van der Waals surface area contributed by atoms with E-state index in [0.29, 0.717) is 11.3 Å². The Kier molecular flexibility index (Phi) is 7.33. The van der Waals surface area contributed by atoms with Crippen LogP contribution in [0.15, 0.2) is 67.0 Å². The van der Waals surface area contributed by atoms with Gasteiger partial charge in [-0.05, 0) is 66.9 Å². The number of carbonyl (C=O) groups excluding carboxylic acids is 2. The molecule has 0 saturated carbocycles. The van der Waals surface area contributed by atoms with E-state index < -0.39 is 5.82 Å². The van der Waals surface area contributed by atoms with Gasteiger partial charge in [-0.15, -0.1) is 0 Å². The average molecular weight is 433 g/mol. The van der Waals surface area contributed by atoms with E-state index in [0.717, 1.165) is 16.8 Å². The second kappa shape index (κ2) is 10.3. The summed E-state index contributed by atoms with van der Waals surface area (Å²) in [4.78, 5) is 29.9. The Morgan fingerprint density at radius 3 is 2.69 bits per heavy atom. The van der Waals surface area contributed by atoms with Gasteiger partial charge in [0, 0.05) is 25.0 Å². The number of hydrogen-bond acceptors (Lipinski definition) is 4. The summed E-state index contributed by atoms with van der Waals surface area (Å²) < 4.78 is 19.8. The van der Waals surface area contributed by atoms with Gasteiger partial charge in [-0.3, -0.25) is 14.6 Å². The standard InChI is InChI=1S/C25H24FN3O3/c1-17-6-4-8-22(18(17)2)28-24(30)16-29(3)25(31)12-10-19-9-11-23(21(26)14-19)32-20-7-5-13-27-15-20/h4-15H,16H2,1-3H3,(H,28,30)/b12-10+. The second-order valence-corrected chi connectivity index (χ2v) is 7.30. The molecule has 0 saturated heterocycles. The summed E-state index contributed by atoms with van der Waals surface area (Å²) in [6.45, 7) is 3.78. The first-order chi connectivity index (χ1) is 15.3.